The number of aromatic nitrogens is 4. The fourth-order valence-electron chi connectivity index (χ4n) is 4.35. The van der Waals surface area contributed by atoms with Crippen LogP contribution in [0.2, 0.25) is 0 Å². The van der Waals surface area contributed by atoms with Gasteiger partial charge in [0.25, 0.3) is 5.56 Å². The molecule has 8 nitrogen and oxygen atoms in total. The Labute approximate surface area is 204 Å². The molecule has 2 aromatic heterocycles. The van der Waals surface area contributed by atoms with Crippen LogP contribution in [0.25, 0.3) is 11.3 Å². The van der Waals surface area contributed by atoms with E-state index < -0.39 is 0 Å². The largest absolute Gasteiger partial charge is 0.343 e. The summed E-state index contributed by atoms with van der Waals surface area (Å²) in [5, 5.41) is 0. The van der Waals surface area contributed by atoms with Gasteiger partial charge in [-0.1, -0.05) is 54.6 Å². The Morgan fingerprint density at radius 1 is 0.971 bits per heavy atom. The van der Waals surface area contributed by atoms with Gasteiger partial charge in [0.2, 0.25) is 11.9 Å². The minimum Gasteiger partial charge on any atom is -0.343 e. The van der Waals surface area contributed by atoms with E-state index in [1.54, 1.807) is 16.8 Å². The molecule has 178 valence electrons. The van der Waals surface area contributed by atoms with Crippen molar-refractivity contribution in [1.29, 1.82) is 0 Å². The molecule has 0 saturated heterocycles. The molecule has 0 atom stereocenters. The number of fused-ring (bicyclic) bond motifs is 1. The van der Waals surface area contributed by atoms with Crippen LogP contribution in [0.5, 0.6) is 0 Å². The fourth-order valence-corrected chi connectivity index (χ4v) is 4.35. The van der Waals surface area contributed by atoms with E-state index >= 15 is 0 Å². The molecule has 0 spiro atoms. The summed E-state index contributed by atoms with van der Waals surface area (Å²) in [6, 6.07) is 21.6. The molecule has 35 heavy (non-hydrogen) atoms. The van der Waals surface area contributed by atoms with Crippen molar-refractivity contribution in [2.24, 2.45) is 5.73 Å². The van der Waals surface area contributed by atoms with Crippen molar-refractivity contribution in [3.8, 4) is 11.3 Å². The van der Waals surface area contributed by atoms with Gasteiger partial charge in [-0.05, 0) is 30.0 Å². The zero-order valence-corrected chi connectivity index (χ0v) is 19.8. The van der Waals surface area contributed by atoms with Crippen molar-refractivity contribution >= 4 is 17.7 Å². The Morgan fingerprint density at radius 3 is 2.63 bits per heavy atom. The summed E-state index contributed by atoms with van der Waals surface area (Å²) in [6.07, 6.45) is 3.47. The van der Waals surface area contributed by atoms with E-state index in [2.05, 4.69) is 17.1 Å². The van der Waals surface area contributed by atoms with Gasteiger partial charge in [0.1, 0.15) is 5.82 Å². The Balaban J connectivity index is 1.41. The van der Waals surface area contributed by atoms with Gasteiger partial charge in [0.05, 0.1) is 5.69 Å². The van der Waals surface area contributed by atoms with Crippen molar-refractivity contribution < 1.29 is 0 Å². The average molecular weight is 468 g/mol. The lowest BCUT2D eigenvalue weighted by molar-refractivity contribution is 0.561. The summed E-state index contributed by atoms with van der Waals surface area (Å²) in [5.74, 6) is 1.99. The highest BCUT2D eigenvalue weighted by Crippen LogP contribution is 2.28. The van der Waals surface area contributed by atoms with Gasteiger partial charge >= 0.3 is 0 Å². The van der Waals surface area contributed by atoms with Crippen LogP contribution in [0.1, 0.15) is 17.5 Å². The van der Waals surface area contributed by atoms with Gasteiger partial charge in [-0.25, -0.2) is 9.97 Å². The number of hydrogen-bond donors (Lipinski definition) is 1. The third kappa shape index (κ3) is 4.93. The van der Waals surface area contributed by atoms with Crippen LogP contribution < -0.4 is 21.1 Å². The van der Waals surface area contributed by atoms with E-state index in [1.807, 2.05) is 65.4 Å². The van der Waals surface area contributed by atoms with Gasteiger partial charge < -0.3 is 10.6 Å². The summed E-state index contributed by atoms with van der Waals surface area (Å²) in [7, 11) is 1.99. The smallest absolute Gasteiger partial charge is 0.255 e. The highest BCUT2D eigenvalue weighted by atomic mass is 16.1. The lowest BCUT2D eigenvalue weighted by Gasteiger charge is -2.30. The first kappa shape index (κ1) is 22.7. The highest BCUT2D eigenvalue weighted by molar-refractivity contribution is 5.63. The maximum absolute atomic E-state index is 12.9. The SMILES string of the molecule is CN(CCc1cccc(CN)c1)c1nccc(N2CCCn3c2nc(-c2ccccc2)cc3=O)n1. The van der Waals surface area contributed by atoms with Crippen LogP contribution in [0.15, 0.2) is 77.7 Å². The van der Waals surface area contributed by atoms with E-state index in [1.165, 1.54) is 5.56 Å². The summed E-state index contributed by atoms with van der Waals surface area (Å²) >= 11 is 0. The van der Waals surface area contributed by atoms with Crippen LogP contribution in [0, 0.1) is 0 Å². The zero-order valence-electron chi connectivity index (χ0n) is 19.8. The van der Waals surface area contributed by atoms with Crippen LogP contribution >= 0.6 is 0 Å². The molecular weight excluding hydrogens is 438 g/mol. The van der Waals surface area contributed by atoms with E-state index in [0.29, 0.717) is 30.7 Å². The molecule has 0 saturated carbocycles. The minimum absolute atomic E-state index is 0.0512. The van der Waals surface area contributed by atoms with Crippen LogP contribution in [-0.4, -0.2) is 39.7 Å². The van der Waals surface area contributed by atoms with E-state index in [4.69, 9.17) is 15.7 Å². The Morgan fingerprint density at radius 2 is 1.80 bits per heavy atom. The molecule has 2 aromatic carbocycles. The molecule has 0 radical (unpaired) electrons. The molecule has 0 aliphatic carbocycles. The van der Waals surface area contributed by atoms with Crippen molar-refractivity contribution in [1.82, 2.24) is 19.5 Å². The number of hydrogen-bond acceptors (Lipinski definition) is 7. The zero-order chi connectivity index (χ0) is 24.2. The molecule has 0 fully saturated rings. The fraction of sp³-hybridized carbons (Fsp3) is 0.259. The predicted molar refractivity (Wildman–Crippen MR) is 139 cm³/mol. The van der Waals surface area contributed by atoms with Gasteiger partial charge in [0.15, 0.2) is 0 Å². The molecular formula is C27H29N7O. The van der Waals surface area contributed by atoms with E-state index in [0.717, 1.165) is 42.9 Å². The minimum atomic E-state index is -0.0512. The Hall–Kier alpha value is -4.04. The van der Waals surface area contributed by atoms with Crippen LogP contribution in [0.4, 0.5) is 17.7 Å². The first-order valence-electron chi connectivity index (χ1n) is 11.9. The number of rotatable bonds is 7. The lowest BCUT2D eigenvalue weighted by Crippen LogP contribution is -2.36. The van der Waals surface area contributed by atoms with Gasteiger partial charge in [-0.3, -0.25) is 14.3 Å². The number of likely N-dealkylation sites (N-methyl/N-ethyl adjacent to an activating group) is 1. The Kier molecular flexibility index (Phi) is 6.54. The maximum atomic E-state index is 12.9. The summed E-state index contributed by atoms with van der Waals surface area (Å²) in [6.45, 7) is 2.68. The van der Waals surface area contributed by atoms with Crippen molar-refractivity contribution in [2.75, 3.05) is 29.9 Å². The number of nitrogens with zero attached hydrogens (tertiary/aromatic N) is 6. The topological polar surface area (TPSA) is 93.2 Å². The first-order chi connectivity index (χ1) is 17.1. The summed E-state index contributed by atoms with van der Waals surface area (Å²) in [5.41, 5.74) is 9.67. The molecule has 0 bridgehead atoms. The highest BCUT2D eigenvalue weighted by Gasteiger charge is 2.23. The van der Waals surface area contributed by atoms with Crippen molar-refractivity contribution in [3.05, 3.63) is 94.4 Å². The number of nitrogens with two attached hydrogens (primary N) is 1. The van der Waals surface area contributed by atoms with Crippen LogP contribution in [0.3, 0.4) is 0 Å². The first-order valence-corrected chi connectivity index (χ1v) is 11.9. The standard InChI is InChI=1S/C27H29N7O/c1-32(16-12-20-7-5-8-21(17-20)19-28)26-29-13-11-24(31-26)33-14-6-15-34-25(35)18-23(30-27(33)34)22-9-3-2-4-10-22/h2-5,7-11,13,17-18H,6,12,14-16,19,28H2,1H3. The molecule has 8 heteroatoms. The average Bonchev–Trinajstić information content (AvgIpc) is 2.92. The van der Waals surface area contributed by atoms with Gasteiger partial charge in [-0.2, -0.15) is 4.98 Å². The third-order valence-electron chi connectivity index (χ3n) is 6.27. The van der Waals surface area contributed by atoms with Crippen molar-refractivity contribution in [2.45, 2.75) is 25.9 Å². The molecule has 3 heterocycles. The van der Waals surface area contributed by atoms with Crippen molar-refractivity contribution in [3.63, 3.8) is 0 Å². The molecule has 0 unspecified atom stereocenters. The molecule has 1 aliphatic heterocycles. The quantitative estimate of drug-likeness (QED) is 0.445. The second kappa shape index (κ2) is 10.1. The monoisotopic (exact) mass is 467 g/mol. The third-order valence-corrected chi connectivity index (χ3v) is 6.27. The van der Waals surface area contributed by atoms with Crippen LogP contribution in [-0.2, 0) is 19.5 Å². The van der Waals surface area contributed by atoms with Gasteiger partial charge in [0, 0.05) is 51.1 Å². The summed E-state index contributed by atoms with van der Waals surface area (Å²) in [4.78, 5) is 31.2. The van der Waals surface area contributed by atoms with Gasteiger partial charge in [-0.15, -0.1) is 0 Å². The molecule has 2 N–H and O–H groups in total. The molecule has 5 rings (SSSR count). The molecule has 1 aliphatic rings. The lowest BCUT2D eigenvalue weighted by atomic mass is 10.1. The second-order valence-electron chi connectivity index (χ2n) is 8.71. The normalized spacial score (nSPS) is 12.9. The number of benzene rings is 2. The number of anilines is 3. The molecule has 4 aromatic rings. The van der Waals surface area contributed by atoms with E-state index in [-0.39, 0.29) is 5.56 Å². The Bertz CT molecular complexity index is 1370. The maximum Gasteiger partial charge on any atom is 0.255 e. The predicted octanol–water partition coefficient (Wildman–Crippen LogP) is 3.38. The second-order valence-corrected chi connectivity index (χ2v) is 8.71. The van der Waals surface area contributed by atoms with E-state index in [9.17, 15) is 4.79 Å². The molecule has 0 amide bonds. The summed E-state index contributed by atoms with van der Waals surface area (Å²) < 4.78 is 1.73.